The quantitative estimate of drug-likeness (QED) is 0.845. The summed E-state index contributed by atoms with van der Waals surface area (Å²) >= 11 is 4.61. The summed E-state index contributed by atoms with van der Waals surface area (Å²) in [6, 6.07) is 5.45. The molecule has 1 aromatic heterocycles. The molecule has 1 heterocycles. The lowest BCUT2D eigenvalue weighted by Crippen LogP contribution is -2.14. The van der Waals surface area contributed by atoms with Crippen LogP contribution in [0.25, 0.3) is 0 Å². The number of carbonyl (C=O) groups excluding carboxylic acids is 1. The maximum Gasteiger partial charge on any atom is 0.338 e. The van der Waals surface area contributed by atoms with Gasteiger partial charge in [0.25, 0.3) is 5.91 Å². The molecule has 21 heavy (non-hydrogen) atoms. The third kappa shape index (κ3) is 3.16. The Morgan fingerprint density at radius 3 is 2.52 bits per heavy atom. The predicted octanol–water partition coefficient (Wildman–Crippen LogP) is 4.39. The average Bonchev–Trinajstić information content (AvgIpc) is 2.67. The van der Waals surface area contributed by atoms with Crippen LogP contribution in [0.5, 0.6) is 0 Å². The van der Waals surface area contributed by atoms with Gasteiger partial charge < -0.3 is 10.4 Å². The van der Waals surface area contributed by atoms with E-state index in [1.807, 2.05) is 19.9 Å². The van der Waals surface area contributed by atoms with Crippen molar-refractivity contribution in [2.45, 2.75) is 20.8 Å². The second-order valence-electron chi connectivity index (χ2n) is 4.73. The number of aryl methyl sites for hydroxylation is 2. The number of rotatable bonds is 3. The Hall–Kier alpha value is -1.66. The topological polar surface area (TPSA) is 66.4 Å². The third-order valence-corrected chi connectivity index (χ3v) is 5.01. The smallest absolute Gasteiger partial charge is 0.338 e. The van der Waals surface area contributed by atoms with Gasteiger partial charge in [-0.3, -0.25) is 4.79 Å². The third-order valence-electron chi connectivity index (χ3n) is 3.19. The summed E-state index contributed by atoms with van der Waals surface area (Å²) in [6.45, 7) is 5.48. The van der Waals surface area contributed by atoms with Gasteiger partial charge in [-0.05, 0) is 54.4 Å². The first kappa shape index (κ1) is 15.7. The molecular formula is C15H14BrNO3S. The first-order valence-corrected chi connectivity index (χ1v) is 7.83. The standard InChI is InChI=1S/C15H14BrNO3S/c1-7-4-5-11(16)10(6-7)13(18)17-14-12(15(19)20)8(2)9(3)21-14/h4-6H,1-3H3,(H,17,18)(H,19,20). The molecule has 0 spiro atoms. The summed E-state index contributed by atoms with van der Waals surface area (Å²) < 4.78 is 0.674. The lowest BCUT2D eigenvalue weighted by Gasteiger charge is -2.07. The molecule has 110 valence electrons. The Morgan fingerprint density at radius 2 is 1.90 bits per heavy atom. The molecule has 1 amide bonds. The first-order chi connectivity index (χ1) is 9.81. The second kappa shape index (κ2) is 5.99. The van der Waals surface area contributed by atoms with Crippen molar-refractivity contribution in [1.29, 1.82) is 0 Å². The molecule has 0 aliphatic rings. The number of nitrogens with one attached hydrogen (secondary N) is 1. The van der Waals surface area contributed by atoms with Gasteiger partial charge in [-0.25, -0.2) is 4.79 Å². The van der Waals surface area contributed by atoms with Crippen molar-refractivity contribution in [3.8, 4) is 0 Å². The van der Waals surface area contributed by atoms with Crippen LogP contribution in [-0.4, -0.2) is 17.0 Å². The van der Waals surface area contributed by atoms with E-state index in [4.69, 9.17) is 0 Å². The van der Waals surface area contributed by atoms with Crippen LogP contribution in [-0.2, 0) is 0 Å². The summed E-state index contributed by atoms with van der Waals surface area (Å²) in [5.41, 5.74) is 2.29. The Bertz CT molecular complexity index is 737. The average molecular weight is 368 g/mol. The molecule has 4 nitrogen and oxygen atoms in total. The summed E-state index contributed by atoms with van der Waals surface area (Å²) in [7, 11) is 0. The van der Waals surface area contributed by atoms with Gasteiger partial charge in [0, 0.05) is 9.35 Å². The van der Waals surface area contributed by atoms with Gasteiger partial charge in [0.15, 0.2) is 0 Å². The van der Waals surface area contributed by atoms with E-state index in [0.29, 0.717) is 20.6 Å². The number of thiophene rings is 1. The molecule has 0 unspecified atom stereocenters. The maximum atomic E-state index is 12.4. The van der Waals surface area contributed by atoms with Gasteiger partial charge in [-0.2, -0.15) is 0 Å². The van der Waals surface area contributed by atoms with Crippen LogP contribution in [0.4, 0.5) is 5.00 Å². The molecule has 0 saturated carbocycles. The normalized spacial score (nSPS) is 10.5. The first-order valence-electron chi connectivity index (χ1n) is 6.22. The lowest BCUT2D eigenvalue weighted by atomic mass is 10.1. The van der Waals surface area contributed by atoms with Crippen molar-refractivity contribution in [1.82, 2.24) is 0 Å². The molecule has 0 bridgehead atoms. The van der Waals surface area contributed by atoms with Gasteiger partial charge in [-0.15, -0.1) is 11.3 Å². The SMILES string of the molecule is Cc1ccc(Br)c(C(=O)Nc2sc(C)c(C)c2C(=O)O)c1. The molecule has 6 heteroatoms. The molecule has 0 aliphatic heterocycles. The van der Waals surface area contributed by atoms with Crippen LogP contribution < -0.4 is 5.32 Å². The van der Waals surface area contributed by atoms with Crippen LogP contribution in [0.2, 0.25) is 0 Å². The fourth-order valence-corrected chi connectivity index (χ4v) is 3.43. The number of amides is 1. The van der Waals surface area contributed by atoms with Crippen molar-refractivity contribution in [3.05, 3.63) is 49.8 Å². The van der Waals surface area contributed by atoms with Gasteiger partial charge in [0.1, 0.15) is 5.00 Å². The zero-order valence-electron chi connectivity index (χ0n) is 11.8. The van der Waals surface area contributed by atoms with E-state index in [0.717, 1.165) is 10.4 Å². The molecule has 0 radical (unpaired) electrons. The monoisotopic (exact) mass is 367 g/mol. The van der Waals surface area contributed by atoms with E-state index in [1.165, 1.54) is 11.3 Å². The van der Waals surface area contributed by atoms with Gasteiger partial charge in [0.2, 0.25) is 0 Å². The van der Waals surface area contributed by atoms with E-state index in [-0.39, 0.29) is 11.5 Å². The maximum absolute atomic E-state index is 12.4. The van der Waals surface area contributed by atoms with E-state index in [1.54, 1.807) is 19.1 Å². The van der Waals surface area contributed by atoms with E-state index >= 15 is 0 Å². The highest BCUT2D eigenvalue weighted by atomic mass is 79.9. The van der Waals surface area contributed by atoms with Crippen molar-refractivity contribution < 1.29 is 14.7 Å². The molecule has 0 aliphatic carbocycles. The molecule has 2 aromatic rings. The molecular weight excluding hydrogens is 354 g/mol. The minimum atomic E-state index is -1.03. The molecule has 0 saturated heterocycles. The number of hydrogen-bond acceptors (Lipinski definition) is 3. The highest BCUT2D eigenvalue weighted by Crippen LogP contribution is 2.33. The molecule has 2 N–H and O–H groups in total. The Kier molecular flexibility index (Phi) is 4.49. The Balaban J connectivity index is 2.38. The second-order valence-corrected chi connectivity index (χ2v) is 6.81. The van der Waals surface area contributed by atoms with E-state index < -0.39 is 5.97 Å². The van der Waals surface area contributed by atoms with Crippen LogP contribution in [0.15, 0.2) is 22.7 Å². The highest BCUT2D eigenvalue weighted by Gasteiger charge is 2.21. The minimum absolute atomic E-state index is 0.162. The number of anilines is 1. The largest absolute Gasteiger partial charge is 0.478 e. The van der Waals surface area contributed by atoms with E-state index in [9.17, 15) is 14.7 Å². The van der Waals surface area contributed by atoms with Crippen LogP contribution in [0.3, 0.4) is 0 Å². The number of carbonyl (C=O) groups is 2. The number of aromatic carboxylic acids is 1. The molecule has 0 atom stereocenters. The van der Waals surface area contributed by atoms with Crippen molar-refractivity contribution in [2.24, 2.45) is 0 Å². The predicted molar refractivity (Wildman–Crippen MR) is 87.6 cm³/mol. The van der Waals surface area contributed by atoms with E-state index in [2.05, 4.69) is 21.2 Å². The van der Waals surface area contributed by atoms with Gasteiger partial charge in [0.05, 0.1) is 11.1 Å². The Morgan fingerprint density at radius 1 is 1.24 bits per heavy atom. The van der Waals surface area contributed by atoms with Crippen LogP contribution in [0.1, 0.15) is 36.7 Å². The Labute approximate surface area is 134 Å². The zero-order valence-corrected chi connectivity index (χ0v) is 14.2. The highest BCUT2D eigenvalue weighted by molar-refractivity contribution is 9.10. The summed E-state index contributed by atoms with van der Waals surface area (Å²) in [4.78, 5) is 24.6. The number of carboxylic acid groups (broad SMARTS) is 1. The molecule has 2 rings (SSSR count). The fraction of sp³-hybridized carbons (Fsp3) is 0.200. The fourth-order valence-electron chi connectivity index (χ4n) is 1.96. The molecule has 0 fully saturated rings. The minimum Gasteiger partial charge on any atom is -0.478 e. The summed E-state index contributed by atoms with van der Waals surface area (Å²) in [5, 5.41) is 12.4. The number of hydrogen-bond donors (Lipinski definition) is 2. The summed E-state index contributed by atoms with van der Waals surface area (Å²) in [6.07, 6.45) is 0. The van der Waals surface area contributed by atoms with Gasteiger partial charge >= 0.3 is 5.97 Å². The molecule has 1 aromatic carbocycles. The lowest BCUT2D eigenvalue weighted by molar-refractivity contribution is 0.0697. The number of halogens is 1. The van der Waals surface area contributed by atoms with Crippen LogP contribution >= 0.6 is 27.3 Å². The number of benzene rings is 1. The van der Waals surface area contributed by atoms with Crippen molar-refractivity contribution >= 4 is 44.1 Å². The van der Waals surface area contributed by atoms with Gasteiger partial charge in [-0.1, -0.05) is 11.6 Å². The van der Waals surface area contributed by atoms with Crippen molar-refractivity contribution in [2.75, 3.05) is 5.32 Å². The summed E-state index contributed by atoms with van der Waals surface area (Å²) in [5.74, 6) is -1.36. The van der Waals surface area contributed by atoms with Crippen LogP contribution in [0, 0.1) is 20.8 Å². The van der Waals surface area contributed by atoms with Crippen molar-refractivity contribution in [3.63, 3.8) is 0 Å². The zero-order chi connectivity index (χ0) is 15.7. The number of carboxylic acids is 1.